The zero-order valence-corrected chi connectivity index (χ0v) is 31.1. The van der Waals surface area contributed by atoms with E-state index >= 15 is 0 Å². The maximum atomic E-state index is 13.7. The van der Waals surface area contributed by atoms with Crippen LogP contribution in [0.25, 0.3) is 0 Å². The van der Waals surface area contributed by atoms with Crippen LogP contribution in [0.1, 0.15) is 106 Å². The first-order valence-electron chi connectivity index (χ1n) is 17.8. The number of alkyl halides is 2. The van der Waals surface area contributed by atoms with Gasteiger partial charge in [-0.05, 0) is 84.6 Å². The molecule has 8 unspecified atom stereocenters. The molecule has 0 aromatic carbocycles. The molecule has 0 aliphatic carbocycles. The Labute approximate surface area is 292 Å². The van der Waals surface area contributed by atoms with Crippen LogP contribution in [0.5, 0.6) is 0 Å². The fourth-order valence-electron chi connectivity index (χ4n) is 5.60. The van der Waals surface area contributed by atoms with Crippen LogP contribution in [-0.4, -0.2) is 132 Å². The number of unbranched alkanes of at least 4 members (excludes halogenated alkanes) is 1. The fourth-order valence-corrected chi connectivity index (χ4v) is 5.60. The van der Waals surface area contributed by atoms with Crippen molar-refractivity contribution in [2.75, 3.05) is 40.1 Å². The summed E-state index contributed by atoms with van der Waals surface area (Å²) in [7, 11) is 1.63. The number of rotatable bonds is 28. The van der Waals surface area contributed by atoms with Crippen LogP contribution in [-0.2, 0) is 23.7 Å². The van der Waals surface area contributed by atoms with Crippen LogP contribution in [0.15, 0.2) is 0 Å². The van der Waals surface area contributed by atoms with Crippen LogP contribution >= 0.6 is 0 Å². The monoisotopic (exact) mass is 717 g/mol. The van der Waals surface area contributed by atoms with Gasteiger partial charge < -0.3 is 55.0 Å². The molecule has 0 amide bonds. The maximum Gasteiger partial charge on any atom is 0.314 e. The van der Waals surface area contributed by atoms with Gasteiger partial charge in [0, 0.05) is 19.6 Å². The van der Waals surface area contributed by atoms with Gasteiger partial charge in [-0.15, -0.1) is 0 Å². The van der Waals surface area contributed by atoms with E-state index in [1.54, 1.807) is 7.11 Å². The van der Waals surface area contributed by atoms with Gasteiger partial charge in [0.25, 0.3) is 0 Å². The lowest BCUT2D eigenvalue weighted by molar-refractivity contribution is -0.143. The molecule has 1 fully saturated rings. The lowest BCUT2D eigenvalue weighted by Crippen LogP contribution is -2.51. The molecule has 0 bridgehead atoms. The first-order chi connectivity index (χ1) is 22.7. The minimum absolute atomic E-state index is 0.107. The molecule has 294 valence electrons. The molecule has 0 aromatic rings. The molecule has 0 saturated carbocycles. The molecule has 1 aliphatic rings. The topological polar surface area (TPSA) is 197 Å². The van der Waals surface area contributed by atoms with E-state index in [9.17, 15) is 34.3 Å². The van der Waals surface area contributed by atoms with Crippen LogP contribution in [0, 0.1) is 5.41 Å². The quantitative estimate of drug-likeness (QED) is 0.0434. The van der Waals surface area contributed by atoms with Crippen molar-refractivity contribution in [2.24, 2.45) is 11.1 Å². The van der Waals surface area contributed by atoms with Crippen LogP contribution in [0.4, 0.5) is 8.78 Å². The summed E-state index contributed by atoms with van der Waals surface area (Å²) in [6.45, 7) is 15.2. The molecule has 49 heavy (non-hydrogen) atoms. The summed E-state index contributed by atoms with van der Waals surface area (Å²) in [6.07, 6.45) is -4.54. The minimum Gasteiger partial charge on any atom is -0.391 e. The number of ether oxygens (including phenoxy) is 5. The molecule has 1 rings (SSSR count). The molecule has 1 saturated heterocycles. The SMILES string of the molecule is CCC(C)(CC)C(O)C(CCCCNC(O)CCOC(C)(C)COC(C)(C)COC)NC(O)CCCC(O)OCC1OC(N)C(F)(F)C1O. The summed E-state index contributed by atoms with van der Waals surface area (Å²) in [5, 5.41) is 58.6. The average Bonchev–Trinajstić information content (AvgIpc) is 3.22. The summed E-state index contributed by atoms with van der Waals surface area (Å²) in [5.41, 5.74) is 3.89. The Balaban J connectivity index is 2.46. The van der Waals surface area contributed by atoms with Crippen molar-refractivity contribution in [3.8, 4) is 0 Å². The van der Waals surface area contributed by atoms with E-state index in [0.29, 0.717) is 45.6 Å². The number of aliphatic hydroxyl groups excluding tert-OH is 5. The Morgan fingerprint density at radius 1 is 0.857 bits per heavy atom. The molecule has 9 N–H and O–H groups in total. The van der Waals surface area contributed by atoms with E-state index in [-0.39, 0.29) is 18.3 Å². The zero-order chi connectivity index (χ0) is 37.5. The van der Waals surface area contributed by atoms with Gasteiger partial charge in [0.2, 0.25) is 0 Å². The molecule has 1 aliphatic heterocycles. The Morgan fingerprint density at radius 3 is 2.06 bits per heavy atom. The summed E-state index contributed by atoms with van der Waals surface area (Å²) >= 11 is 0. The Bertz CT molecular complexity index is 887. The number of halogens is 2. The van der Waals surface area contributed by atoms with E-state index in [2.05, 4.69) is 10.6 Å². The van der Waals surface area contributed by atoms with Gasteiger partial charge in [-0.1, -0.05) is 27.2 Å². The van der Waals surface area contributed by atoms with Crippen molar-refractivity contribution < 1.29 is 58.0 Å². The second kappa shape index (κ2) is 21.8. The van der Waals surface area contributed by atoms with E-state index in [4.69, 9.17) is 29.4 Å². The van der Waals surface area contributed by atoms with Crippen molar-refractivity contribution in [1.82, 2.24) is 10.6 Å². The maximum absolute atomic E-state index is 13.7. The van der Waals surface area contributed by atoms with Gasteiger partial charge in [-0.3, -0.25) is 10.6 Å². The van der Waals surface area contributed by atoms with Crippen molar-refractivity contribution in [1.29, 1.82) is 0 Å². The normalized spacial score (nSPS) is 23.4. The summed E-state index contributed by atoms with van der Waals surface area (Å²) in [5.74, 6) is -3.61. The number of hydrogen-bond donors (Lipinski definition) is 8. The highest BCUT2D eigenvalue weighted by molar-refractivity contribution is 4.94. The largest absolute Gasteiger partial charge is 0.391 e. The predicted molar refractivity (Wildman–Crippen MR) is 182 cm³/mol. The first-order valence-corrected chi connectivity index (χ1v) is 17.8. The molecule has 13 nitrogen and oxygen atoms in total. The minimum atomic E-state index is -3.61. The standard InChI is InChI=1S/C34H69F2N3O10/c1-9-33(7,10-2)28(43)23(39-26(41)15-13-16-27(42)46-20-24-29(44)34(35,36)30(37)49-24)14-11-12-18-38-25(40)17-19-47-32(5,6)22-48-31(3,4)21-45-8/h23-30,38-44H,9-22,37H2,1-8H3. The van der Waals surface area contributed by atoms with Gasteiger partial charge in [-0.25, -0.2) is 0 Å². The molecule has 1 heterocycles. The third-order valence-electron chi connectivity index (χ3n) is 9.45. The summed E-state index contributed by atoms with van der Waals surface area (Å²) in [4.78, 5) is 0. The molecule has 0 aromatic heterocycles. The molecule has 0 radical (unpaired) electrons. The van der Waals surface area contributed by atoms with Crippen molar-refractivity contribution in [3.63, 3.8) is 0 Å². The van der Waals surface area contributed by atoms with Crippen molar-refractivity contribution >= 4 is 0 Å². The summed E-state index contributed by atoms with van der Waals surface area (Å²) in [6, 6.07) is -0.399. The smallest absolute Gasteiger partial charge is 0.314 e. The van der Waals surface area contributed by atoms with E-state index < -0.39 is 73.1 Å². The Hall–Kier alpha value is -0.660. The highest BCUT2D eigenvalue weighted by Crippen LogP contribution is 2.34. The summed E-state index contributed by atoms with van der Waals surface area (Å²) < 4.78 is 54.4. The van der Waals surface area contributed by atoms with Gasteiger partial charge in [-0.2, -0.15) is 8.78 Å². The predicted octanol–water partition coefficient (Wildman–Crippen LogP) is 2.34. The lowest BCUT2D eigenvalue weighted by atomic mass is 9.75. The van der Waals surface area contributed by atoms with Gasteiger partial charge in [0.1, 0.15) is 24.7 Å². The molecule has 0 spiro atoms. The van der Waals surface area contributed by atoms with Gasteiger partial charge >= 0.3 is 5.92 Å². The third kappa shape index (κ3) is 16.7. The molecular weight excluding hydrogens is 648 g/mol. The third-order valence-corrected chi connectivity index (χ3v) is 9.45. The van der Waals surface area contributed by atoms with Crippen LogP contribution in [0.3, 0.4) is 0 Å². The number of nitrogens with one attached hydrogen (secondary N) is 2. The molecule has 15 heteroatoms. The fraction of sp³-hybridized carbons (Fsp3) is 1.00. The van der Waals surface area contributed by atoms with Crippen LogP contribution in [0.2, 0.25) is 0 Å². The van der Waals surface area contributed by atoms with E-state index in [1.807, 2.05) is 48.5 Å². The number of hydrogen-bond acceptors (Lipinski definition) is 13. The average molecular weight is 718 g/mol. The number of methoxy groups -OCH3 is 1. The zero-order valence-electron chi connectivity index (χ0n) is 31.1. The number of aliphatic hydroxyl groups is 5. The van der Waals surface area contributed by atoms with Crippen LogP contribution < -0.4 is 16.4 Å². The lowest BCUT2D eigenvalue weighted by Gasteiger charge is -2.39. The first kappa shape index (κ1) is 46.4. The van der Waals surface area contributed by atoms with Crippen molar-refractivity contribution in [2.45, 2.75) is 173 Å². The van der Waals surface area contributed by atoms with Gasteiger partial charge in [0.05, 0.1) is 43.7 Å². The highest BCUT2D eigenvalue weighted by atomic mass is 19.3. The second-order valence-electron chi connectivity index (χ2n) is 14.9. The molecule has 8 atom stereocenters. The second-order valence-corrected chi connectivity index (χ2v) is 14.9. The highest BCUT2D eigenvalue weighted by Gasteiger charge is 2.57. The molecular formula is C34H69F2N3O10. The van der Waals surface area contributed by atoms with E-state index in [1.165, 1.54) is 0 Å². The number of nitrogens with two attached hydrogens (primary N) is 1. The van der Waals surface area contributed by atoms with Gasteiger partial charge in [0.15, 0.2) is 12.5 Å². The Kier molecular flexibility index (Phi) is 20.6. The van der Waals surface area contributed by atoms with E-state index in [0.717, 1.165) is 25.7 Å². The Morgan fingerprint density at radius 2 is 1.49 bits per heavy atom. The van der Waals surface area contributed by atoms with Crippen molar-refractivity contribution in [3.05, 3.63) is 0 Å².